The summed E-state index contributed by atoms with van der Waals surface area (Å²) in [7, 11) is 1.69. The van der Waals surface area contributed by atoms with Crippen LogP contribution in [0.1, 0.15) is 12.1 Å². The number of nitrogens with one attached hydrogen (secondary N) is 1. The van der Waals surface area contributed by atoms with Gasteiger partial charge in [0.25, 0.3) is 0 Å². The van der Waals surface area contributed by atoms with Crippen molar-refractivity contribution in [1.82, 2.24) is 14.7 Å². The average molecular weight is 315 g/mol. The predicted molar refractivity (Wildman–Crippen MR) is 84.0 cm³/mol. The van der Waals surface area contributed by atoms with Crippen molar-refractivity contribution in [1.29, 1.82) is 0 Å². The summed E-state index contributed by atoms with van der Waals surface area (Å²) in [5, 5.41) is 3.19. The third kappa shape index (κ3) is 2.52. The summed E-state index contributed by atoms with van der Waals surface area (Å²) in [6, 6.07) is 5.98. The molecule has 1 saturated heterocycles. The van der Waals surface area contributed by atoms with Crippen LogP contribution in [0.15, 0.2) is 30.6 Å². The van der Waals surface area contributed by atoms with Gasteiger partial charge in [-0.15, -0.1) is 0 Å². The van der Waals surface area contributed by atoms with E-state index in [1.54, 1.807) is 13.3 Å². The fraction of sp³-hybridized carbons (Fsp3) is 0.529. The van der Waals surface area contributed by atoms with Crippen molar-refractivity contribution in [3.63, 3.8) is 0 Å². The summed E-state index contributed by atoms with van der Waals surface area (Å²) >= 11 is 0. The van der Waals surface area contributed by atoms with Crippen LogP contribution in [0, 0.1) is 11.8 Å². The Morgan fingerprint density at radius 2 is 2.43 bits per heavy atom. The zero-order valence-corrected chi connectivity index (χ0v) is 13.1. The fourth-order valence-corrected chi connectivity index (χ4v) is 3.95. The fourth-order valence-electron chi connectivity index (χ4n) is 3.95. The van der Waals surface area contributed by atoms with Crippen molar-refractivity contribution >= 4 is 11.6 Å². The van der Waals surface area contributed by atoms with Crippen molar-refractivity contribution in [3.05, 3.63) is 36.3 Å². The second kappa shape index (κ2) is 5.94. The van der Waals surface area contributed by atoms with Gasteiger partial charge in [-0.1, -0.05) is 6.07 Å². The second-order valence-electron chi connectivity index (χ2n) is 6.36. The average Bonchev–Trinajstić information content (AvgIpc) is 3.16. The molecule has 1 N–H and O–H groups in total. The molecule has 0 aromatic carbocycles. The highest BCUT2D eigenvalue weighted by atomic mass is 16.5. The number of amides is 1. The van der Waals surface area contributed by atoms with E-state index < -0.39 is 0 Å². The van der Waals surface area contributed by atoms with Gasteiger partial charge in [0.15, 0.2) is 0 Å². The lowest BCUT2D eigenvalue weighted by molar-refractivity contribution is -0.129. The summed E-state index contributed by atoms with van der Waals surface area (Å²) in [6.07, 6.45) is 5.30. The van der Waals surface area contributed by atoms with Gasteiger partial charge in [0.2, 0.25) is 5.91 Å². The van der Waals surface area contributed by atoms with E-state index >= 15 is 0 Å². The van der Waals surface area contributed by atoms with Gasteiger partial charge >= 0.3 is 0 Å². The van der Waals surface area contributed by atoms with Crippen LogP contribution in [0.2, 0.25) is 0 Å². The maximum Gasteiger partial charge on any atom is 0.226 e. The van der Waals surface area contributed by atoms with Gasteiger partial charge in [-0.2, -0.15) is 0 Å². The Bertz CT molecular complexity index is 714. The van der Waals surface area contributed by atoms with E-state index in [9.17, 15) is 4.79 Å². The van der Waals surface area contributed by atoms with Crippen LogP contribution in [0.4, 0.5) is 0 Å². The number of ether oxygens (including phenoxy) is 2. The van der Waals surface area contributed by atoms with Crippen LogP contribution >= 0.6 is 0 Å². The number of imidazole rings is 1. The topological polar surface area (TPSA) is 64.9 Å². The zero-order valence-electron chi connectivity index (χ0n) is 13.1. The molecular weight excluding hydrogens is 294 g/mol. The largest absolute Gasteiger partial charge is 0.384 e. The minimum Gasteiger partial charge on any atom is -0.384 e. The Kier molecular flexibility index (Phi) is 3.79. The van der Waals surface area contributed by atoms with Gasteiger partial charge in [-0.3, -0.25) is 4.79 Å². The van der Waals surface area contributed by atoms with E-state index in [0.717, 1.165) is 24.4 Å². The number of nitrogens with zero attached hydrogens (tertiary/aromatic N) is 2. The van der Waals surface area contributed by atoms with Crippen molar-refractivity contribution in [2.24, 2.45) is 11.8 Å². The SMILES string of the molecule is COC[C@H]1[C@@H](NC(=O)Cc2cnc3ccccn23)[C@H]2CCO[C@H]21. The lowest BCUT2D eigenvalue weighted by Gasteiger charge is -2.47. The zero-order chi connectivity index (χ0) is 15.8. The van der Waals surface area contributed by atoms with Crippen LogP contribution in [-0.4, -0.2) is 47.8 Å². The highest BCUT2D eigenvalue weighted by Gasteiger charge is 2.54. The Hall–Kier alpha value is -1.92. The van der Waals surface area contributed by atoms with E-state index in [1.807, 2.05) is 28.8 Å². The van der Waals surface area contributed by atoms with E-state index in [0.29, 0.717) is 18.9 Å². The van der Waals surface area contributed by atoms with Crippen molar-refractivity contribution in [3.8, 4) is 0 Å². The minimum absolute atomic E-state index is 0.0344. The first-order chi connectivity index (χ1) is 11.3. The number of fused-ring (bicyclic) bond motifs is 2. The molecule has 6 nitrogen and oxygen atoms in total. The molecule has 6 heteroatoms. The van der Waals surface area contributed by atoms with Crippen molar-refractivity contribution in [2.45, 2.75) is 25.0 Å². The molecule has 23 heavy (non-hydrogen) atoms. The molecule has 2 aromatic rings. The number of rotatable bonds is 5. The van der Waals surface area contributed by atoms with Crippen LogP contribution in [0.5, 0.6) is 0 Å². The molecule has 122 valence electrons. The molecule has 4 rings (SSSR count). The molecule has 0 spiro atoms. The van der Waals surface area contributed by atoms with Crippen molar-refractivity contribution in [2.75, 3.05) is 20.3 Å². The first kappa shape index (κ1) is 14.7. The molecular formula is C17H21N3O3. The molecule has 1 amide bonds. The maximum atomic E-state index is 12.5. The Morgan fingerprint density at radius 1 is 1.52 bits per heavy atom. The van der Waals surface area contributed by atoms with Gasteiger partial charge in [-0.25, -0.2) is 4.98 Å². The molecule has 0 radical (unpaired) electrons. The van der Waals surface area contributed by atoms with Crippen LogP contribution < -0.4 is 5.32 Å². The highest BCUT2D eigenvalue weighted by Crippen LogP contribution is 2.43. The lowest BCUT2D eigenvalue weighted by Crippen LogP contribution is -2.63. The highest BCUT2D eigenvalue weighted by molar-refractivity contribution is 5.79. The summed E-state index contributed by atoms with van der Waals surface area (Å²) in [5.74, 6) is 0.729. The Morgan fingerprint density at radius 3 is 3.30 bits per heavy atom. The maximum absolute atomic E-state index is 12.5. The smallest absolute Gasteiger partial charge is 0.226 e. The summed E-state index contributed by atoms with van der Waals surface area (Å²) in [5.41, 5.74) is 1.76. The first-order valence-corrected chi connectivity index (χ1v) is 8.09. The number of methoxy groups -OCH3 is 1. The molecule has 1 saturated carbocycles. The van der Waals surface area contributed by atoms with E-state index in [4.69, 9.17) is 9.47 Å². The van der Waals surface area contributed by atoms with Crippen LogP contribution in [0.25, 0.3) is 5.65 Å². The Labute approximate surface area is 134 Å². The number of pyridine rings is 1. The molecule has 3 heterocycles. The van der Waals surface area contributed by atoms with E-state index in [2.05, 4.69) is 10.3 Å². The molecule has 1 aliphatic carbocycles. The normalized spacial score (nSPS) is 29.3. The predicted octanol–water partition coefficient (Wildman–Crippen LogP) is 1.04. The first-order valence-electron chi connectivity index (χ1n) is 8.09. The van der Waals surface area contributed by atoms with Gasteiger partial charge in [0, 0.05) is 44.0 Å². The van der Waals surface area contributed by atoms with Gasteiger partial charge in [0.05, 0.1) is 24.8 Å². The molecule has 1 aliphatic heterocycles. The van der Waals surface area contributed by atoms with E-state index in [-0.39, 0.29) is 24.0 Å². The molecule has 0 unspecified atom stereocenters. The van der Waals surface area contributed by atoms with Crippen LogP contribution in [0.3, 0.4) is 0 Å². The lowest BCUT2D eigenvalue weighted by atomic mass is 9.67. The van der Waals surface area contributed by atoms with E-state index in [1.165, 1.54) is 0 Å². The summed E-state index contributed by atoms with van der Waals surface area (Å²) < 4.78 is 13.0. The Balaban J connectivity index is 1.43. The standard InChI is InChI=1S/C17H21N3O3/c1-22-10-13-16(12-5-7-23-17(12)13)19-15(21)8-11-9-18-14-4-2-3-6-20(11)14/h2-4,6,9,12-13,16-17H,5,7-8,10H2,1H3,(H,19,21)/t12-,13+,16+,17-/m1/s1. The van der Waals surface area contributed by atoms with Crippen LogP contribution in [-0.2, 0) is 20.7 Å². The number of hydrogen-bond acceptors (Lipinski definition) is 4. The molecule has 4 atom stereocenters. The number of carbonyl (C=O) groups excluding carboxylic acids is 1. The number of aromatic nitrogens is 2. The quantitative estimate of drug-likeness (QED) is 0.895. The third-order valence-corrected chi connectivity index (χ3v) is 5.05. The number of hydrogen-bond donors (Lipinski definition) is 1. The van der Waals surface area contributed by atoms with Gasteiger partial charge in [-0.05, 0) is 18.6 Å². The summed E-state index contributed by atoms with van der Waals surface area (Å²) in [4.78, 5) is 16.8. The third-order valence-electron chi connectivity index (χ3n) is 5.05. The molecule has 2 aromatic heterocycles. The van der Waals surface area contributed by atoms with Gasteiger partial charge < -0.3 is 19.2 Å². The molecule has 2 aliphatic rings. The van der Waals surface area contributed by atoms with Crippen molar-refractivity contribution < 1.29 is 14.3 Å². The molecule has 2 fully saturated rings. The second-order valence-corrected chi connectivity index (χ2v) is 6.36. The molecule has 0 bridgehead atoms. The monoisotopic (exact) mass is 315 g/mol. The minimum atomic E-state index is 0.0344. The number of carbonyl (C=O) groups is 1. The van der Waals surface area contributed by atoms with Gasteiger partial charge in [0.1, 0.15) is 5.65 Å². The summed E-state index contributed by atoms with van der Waals surface area (Å²) in [6.45, 7) is 1.41.